The lowest BCUT2D eigenvalue weighted by atomic mass is 10.0. The van der Waals surface area contributed by atoms with Gasteiger partial charge in [-0.2, -0.15) is 0 Å². The number of rotatable bonds is 4. The van der Waals surface area contributed by atoms with Crippen molar-refractivity contribution in [3.8, 4) is 11.5 Å². The highest BCUT2D eigenvalue weighted by atomic mass is 16.5. The molecule has 2 amide bonds. The second-order valence-electron chi connectivity index (χ2n) is 6.64. The van der Waals surface area contributed by atoms with E-state index in [0.29, 0.717) is 41.0 Å². The van der Waals surface area contributed by atoms with Crippen LogP contribution < -0.4 is 5.32 Å². The largest absolute Gasteiger partial charge is 0.469 e. The Morgan fingerprint density at radius 3 is 2.86 bits per heavy atom. The Balaban J connectivity index is 1.79. The fraction of sp³-hybridized carbons (Fsp3) is 0.238. The third kappa shape index (κ3) is 3.56. The number of amides is 2. The van der Waals surface area contributed by atoms with Gasteiger partial charge in [-0.05, 0) is 24.3 Å². The molecule has 0 saturated carbocycles. The zero-order chi connectivity index (χ0) is 20.4. The number of hydrogen-bond donors (Lipinski definition) is 1. The fourth-order valence-electron chi connectivity index (χ4n) is 3.46. The summed E-state index contributed by atoms with van der Waals surface area (Å²) in [4.78, 5) is 43.7. The number of nitrogens with one attached hydrogen (secondary N) is 1. The summed E-state index contributed by atoms with van der Waals surface area (Å²) in [6, 6.07) is 11.5. The second kappa shape index (κ2) is 7.75. The van der Waals surface area contributed by atoms with Crippen LogP contribution in [0.4, 0.5) is 0 Å². The number of carbonyl (C=O) groups is 3. The van der Waals surface area contributed by atoms with Gasteiger partial charge in [-0.3, -0.25) is 14.4 Å². The van der Waals surface area contributed by atoms with Gasteiger partial charge in [0.25, 0.3) is 5.91 Å². The average Bonchev–Trinajstić information content (AvgIpc) is 3.28. The lowest BCUT2D eigenvalue weighted by molar-refractivity contribution is -0.145. The van der Waals surface area contributed by atoms with Crippen molar-refractivity contribution in [2.75, 3.05) is 20.2 Å². The van der Waals surface area contributed by atoms with E-state index >= 15 is 0 Å². The van der Waals surface area contributed by atoms with Crippen LogP contribution in [0.1, 0.15) is 16.8 Å². The number of furan rings is 1. The second-order valence-corrected chi connectivity index (χ2v) is 6.64. The number of nitrogens with zero attached hydrogens (tertiary/aromatic N) is 2. The van der Waals surface area contributed by atoms with Crippen molar-refractivity contribution in [3.05, 3.63) is 54.3 Å². The number of hydrogen-bond acceptors (Lipinski definition) is 6. The van der Waals surface area contributed by atoms with E-state index in [-0.39, 0.29) is 18.2 Å². The predicted molar refractivity (Wildman–Crippen MR) is 104 cm³/mol. The molecule has 4 rings (SSSR count). The number of benzene rings is 1. The molecule has 3 heterocycles. The minimum absolute atomic E-state index is 0.206. The van der Waals surface area contributed by atoms with Gasteiger partial charge in [0.15, 0.2) is 5.76 Å². The Labute approximate surface area is 166 Å². The van der Waals surface area contributed by atoms with Crippen LogP contribution in [0.5, 0.6) is 0 Å². The lowest BCUT2D eigenvalue weighted by Crippen LogP contribution is -2.57. The zero-order valence-corrected chi connectivity index (χ0v) is 15.8. The summed E-state index contributed by atoms with van der Waals surface area (Å²) in [6.45, 7) is 0.606. The Kier molecular flexibility index (Phi) is 4.99. The van der Waals surface area contributed by atoms with Crippen molar-refractivity contribution in [2.45, 2.75) is 12.5 Å². The molecule has 148 valence electrons. The third-order valence-electron chi connectivity index (χ3n) is 4.90. The lowest BCUT2D eigenvalue weighted by Gasteiger charge is -2.34. The Morgan fingerprint density at radius 1 is 1.28 bits per heavy atom. The van der Waals surface area contributed by atoms with Crippen LogP contribution in [0.2, 0.25) is 0 Å². The summed E-state index contributed by atoms with van der Waals surface area (Å²) in [5, 5.41) is 3.36. The molecule has 0 spiro atoms. The van der Waals surface area contributed by atoms with Gasteiger partial charge in [0.1, 0.15) is 11.7 Å². The van der Waals surface area contributed by atoms with Gasteiger partial charge >= 0.3 is 5.97 Å². The van der Waals surface area contributed by atoms with Crippen LogP contribution in [0.3, 0.4) is 0 Å². The molecule has 1 unspecified atom stereocenters. The van der Waals surface area contributed by atoms with Crippen LogP contribution >= 0.6 is 0 Å². The summed E-state index contributed by atoms with van der Waals surface area (Å²) in [5.74, 6) is -0.743. The summed E-state index contributed by atoms with van der Waals surface area (Å²) < 4.78 is 10.1. The molecule has 1 aromatic carbocycles. The molecule has 3 aromatic rings. The van der Waals surface area contributed by atoms with Gasteiger partial charge in [0.05, 0.1) is 30.9 Å². The topological polar surface area (TPSA) is 102 Å². The number of ether oxygens (including phenoxy) is 1. The first-order chi connectivity index (χ1) is 14.1. The number of piperazine rings is 1. The first kappa shape index (κ1) is 18.7. The average molecular weight is 393 g/mol. The van der Waals surface area contributed by atoms with Crippen molar-refractivity contribution < 1.29 is 23.5 Å². The highest BCUT2D eigenvalue weighted by Gasteiger charge is 2.36. The smallest absolute Gasteiger partial charge is 0.308 e. The number of esters is 1. The van der Waals surface area contributed by atoms with Gasteiger partial charge in [0, 0.05) is 18.5 Å². The molecule has 1 saturated heterocycles. The number of para-hydroxylation sites is 1. The van der Waals surface area contributed by atoms with Crippen LogP contribution in [0.15, 0.2) is 53.1 Å². The van der Waals surface area contributed by atoms with E-state index < -0.39 is 12.0 Å². The quantitative estimate of drug-likeness (QED) is 0.681. The summed E-state index contributed by atoms with van der Waals surface area (Å²) in [7, 11) is 1.25. The van der Waals surface area contributed by atoms with Crippen LogP contribution in [-0.4, -0.2) is 53.9 Å². The number of fused-ring (bicyclic) bond motifs is 1. The van der Waals surface area contributed by atoms with Crippen LogP contribution in [-0.2, 0) is 14.3 Å². The van der Waals surface area contributed by atoms with Crippen molar-refractivity contribution >= 4 is 28.7 Å². The van der Waals surface area contributed by atoms with Crippen molar-refractivity contribution in [1.82, 2.24) is 15.2 Å². The van der Waals surface area contributed by atoms with Gasteiger partial charge in [-0.1, -0.05) is 18.2 Å². The molecule has 0 radical (unpaired) electrons. The summed E-state index contributed by atoms with van der Waals surface area (Å²) >= 11 is 0. The SMILES string of the molecule is COC(=O)CC1C(=O)NCCN1C(=O)c1cc(-c2ccco2)nc2ccccc12. The highest BCUT2D eigenvalue weighted by Crippen LogP contribution is 2.27. The minimum atomic E-state index is -0.928. The summed E-state index contributed by atoms with van der Waals surface area (Å²) in [5.41, 5.74) is 1.55. The number of pyridine rings is 1. The molecule has 8 heteroatoms. The van der Waals surface area contributed by atoms with Crippen molar-refractivity contribution in [2.24, 2.45) is 0 Å². The van der Waals surface area contributed by atoms with Crippen LogP contribution in [0, 0.1) is 0 Å². The van der Waals surface area contributed by atoms with E-state index in [2.05, 4.69) is 10.3 Å². The minimum Gasteiger partial charge on any atom is -0.469 e. The van der Waals surface area contributed by atoms with Gasteiger partial charge < -0.3 is 19.4 Å². The molecule has 0 bridgehead atoms. The van der Waals surface area contributed by atoms with Gasteiger partial charge in [-0.15, -0.1) is 0 Å². The summed E-state index contributed by atoms with van der Waals surface area (Å²) in [6.07, 6.45) is 1.33. The third-order valence-corrected chi connectivity index (χ3v) is 4.90. The predicted octanol–water partition coefficient (Wildman–Crippen LogP) is 2.00. The Hall–Kier alpha value is -3.68. The maximum Gasteiger partial charge on any atom is 0.308 e. The molecule has 0 aliphatic carbocycles. The molecule has 1 atom stereocenters. The molecular formula is C21H19N3O5. The van der Waals surface area contributed by atoms with E-state index in [1.807, 2.05) is 18.2 Å². The normalized spacial score (nSPS) is 16.5. The molecule has 29 heavy (non-hydrogen) atoms. The molecule has 1 aliphatic heterocycles. The highest BCUT2D eigenvalue weighted by molar-refractivity contribution is 6.08. The van der Waals surface area contributed by atoms with Gasteiger partial charge in [0.2, 0.25) is 5.91 Å². The molecule has 1 aliphatic rings. The Bertz CT molecular complexity index is 1080. The molecule has 1 fully saturated rings. The number of methoxy groups -OCH3 is 1. The standard InChI is InChI=1S/C21H19N3O5/c1-28-19(25)12-17-20(26)22-8-9-24(17)21(27)14-11-16(18-7-4-10-29-18)23-15-6-3-2-5-13(14)15/h2-7,10-11,17H,8-9,12H2,1H3,(H,22,26). The number of aromatic nitrogens is 1. The van der Waals surface area contributed by atoms with Crippen LogP contribution in [0.25, 0.3) is 22.4 Å². The zero-order valence-electron chi connectivity index (χ0n) is 15.8. The fourth-order valence-corrected chi connectivity index (χ4v) is 3.46. The van der Waals surface area contributed by atoms with E-state index in [1.165, 1.54) is 18.3 Å². The van der Waals surface area contributed by atoms with Crippen molar-refractivity contribution in [1.29, 1.82) is 0 Å². The van der Waals surface area contributed by atoms with Gasteiger partial charge in [-0.25, -0.2) is 4.98 Å². The van der Waals surface area contributed by atoms with E-state index in [4.69, 9.17) is 9.15 Å². The maximum absolute atomic E-state index is 13.5. The monoisotopic (exact) mass is 393 g/mol. The Morgan fingerprint density at radius 2 is 2.10 bits per heavy atom. The molecule has 1 N–H and O–H groups in total. The maximum atomic E-state index is 13.5. The van der Waals surface area contributed by atoms with E-state index in [9.17, 15) is 14.4 Å². The first-order valence-electron chi connectivity index (χ1n) is 9.17. The van der Waals surface area contributed by atoms with Crippen molar-refractivity contribution in [3.63, 3.8) is 0 Å². The van der Waals surface area contributed by atoms with E-state index in [0.717, 1.165) is 0 Å². The molecule has 2 aromatic heterocycles. The number of carbonyl (C=O) groups excluding carboxylic acids is 3. The first-order valence-corrected chi connectivity index (χ1v) is 9.17. The molecule has 8 nitrogen and oxygen atoms in total. The van der Waals surface area contributed by atoms with E-state index in [1.54, 1.807) is 24.3 Å². The molecular weight excluding hydrogens is 374 g/mol.